The van der Waals surface area contributed by atoms with Gasteiger partial charge in [-0.15, -0.1) is 24.0 Å². The van der Waals surface area contributed by atoms with E-state index in [4.69, 9.17) is 9.47 Å². The minimum atomic E-state index is 0. The largest absolute Gasteiger partial charge is 0.497 e. The lowest BCUT2D eigenvalue weighted by Gasteiger charge is -2.31. The number of aliphatic imine (C=N–C) groups is 1. The lowest BCUT2D eigenvalue weighted by atomic mass is 9.87. The van der Waals surface area contributed by atoms with Gasteiger partial charge >= 0.3 is 0 Å². The first kappa shape index (κ1) is 22.6. The Hall–Kier alpha value is -1.06. The van der Waals surface area contributed by atoms with Crippen LogP contribution in [0.15, 0.2) is 29.3 Å². The van der Waals surface area contributed by atoms with Gasteiger partial charge in [0.25, 0.3) is 0 Å². The Labute approximate surface area is 192 Å². The van der Waals surface area contributed by atoms with Crippen LogP contribution >= 0.6 is 24.0 Å². The highest BCUT2D eigenvalue weighted by atomic mass is 127. The second-order valence-electron chi connectivity index (χ2n) is 8.44. The highest BCUT2D eigenvalue weighted by Gasteiger charge is 2.42. The summed E-state index contributed by atoms with van der Waals surface area (Å²) in [5.41, 5.74) is 1.66. The Balaban J connectivity index is 0.00000240. The molecule has 6 nitrogen and oxygen atoms in total. The van der Waals surface area contributed by atoms with Crippen LogP contribution in [-0.4, -0.2) is 75.9 Å². The first-order valence-electron chi connectivity index (χ1n) is 10.6. The Morgan fingerprint density at radius 2 is 2.10 bits per heavy atom. The summed E-state index contributed by atoms with van der Waals surface area (Å²) in [6.07, 6.45) is 4.95. The van der Waals surface area contributed by atoms with Gasteiger partial charge in [0.15, 0.2) is 5.96 Å². The van der Waals surface area contributed by atoms with Crippen LogP contribution in [0.25, 0.3) is 0 Å². The third kappa shape index (κ3) is 5.17. The molecule has 0 saturated carbocycles. The van der Waals surface area contributed by atoms with Gasteiger partial charge < -0.3 is 19.7 Å². The average molecular weight is 514 g/mol. The van der Waals surface area contributed by atoms with Crippen LogP contribution in [0.5, 0.6) is 5.75 Å². The molecule has 2 atom stereocenters. The van der Waals surface area contributed by atoms with E-state index in [0.29, 0.717) is 11.5 Å². The predicted octanol–water partition coefficient (Wildman–Crippen LogP) is 3.14. The van der Waals surface area contributed by atoms with E-state index in [1.165, 1.54) is 31.2 Å². The van der Waals surface area contributed by atoms with Crippen molar-refractivity contribution in [2.24, 2.45) is 10.4 Å². The van der Waals surface area contributed by atoms with Crippen molar-refractivity contribution in [2.75, 3.05) is 60.1 Å². The van der Waals surface area contributed by atoms with Crippen molar-refractivity contribution in [3.05, 3.63) is 29.8 Å². The summed E-state index contributed by atoms with van der Waals surface area (Å²) in [6.45, 7) is 7.11. The van der Waals surface area contributed by atoms with E-state index >= 15 is 0 Å². The molecule has 2 unspecified atom stereocenters. The van der Waals surface area contributed by atoms with Gasteiger partial charge in [-0.05, 0) is 56.5 Å². The molecule has 1 aromatic rings. The molecule has 3 fully saturated rings. The van der Waals surface area contributed by atoms with Crippen molar-refractivity contribution in [2.45, 2.75) is 31.7 Å². The Morgan fingerprint density at radius 1 is 1.28 bits per heavy atom. The van der Waals surface area contributed by atoms with Crippen LogP contribution < -0.4 is 10.1 Å². The molecular formula is C22H35IN4O2. The molecule has 7 heteroatoms. The first-order chi connectivity index (χ1) is 13.7. The molecule has 29 heavy (non-hydrogen) atoms. The number of halogens is 1. The highest BCUT2D eigenvalue weighted by Crippen LogP contribution is 2.38. The third-order valence-electron chi connectivity index (χ3n) is 6.65. The molecule has 162 valence electrons. The van der Waals surface area contributed by atoms with Gasteiger partial charge in [0, 0.05) is 38.7 Å². The van der Waals surface area contributed by atoms with Crippen molar-refractivity contribution in [3.8, 4) is 5.75 Å². The summed E-state index contributed by atoms with van der Waals surface area (Å²) in [7, 11) is 3.63. The zero-order valence-corrected chi connectivity index (χ0v) is 20.1. The lowest BCUT2D eigenvalue weighted by Crippen LogP contribution is -2.45. The number of nitrogens with zero attached hydrogens (tertiary/aromatic N) is 3. The Morgan fingerprint density at radius 3 is 2.79 bits per heavy atom. The number of ether oxygens (including phenoxy) is 2. The van der Waals surface area contributed by atoms with Crippen molar-refractivity contribution in [1.29, 1.82) is 0 Å². The van der Waals surface area contributed by atoms with E-state index in [1.54, 1.807) is 7.11 Å². The van der Waals surface area contributed by atoms with Gasteiger partial charge in [0.05, 0.1) is 19.8 Å². The Kier molecular flexibility index (Phi) is 8.04. The van der Waals surface area contributed by atoms with E-state index in [1.807, 2.05) is 13.1 Å². The summed E-state index contributed by atoms with van der Waals surface area (Å²) >= 11 is 0. The van der Waals surface area contributed by atoms with Crippen molar-refractivity contribution >= 4 is 29.9 Å². The maximum Gasteiger partial charge on any atom is 0.193 e. The number of nitrogens with one attached hydrogen (secondary N) is 1. The molecule has 0 bridgehead atoms. The molecule has 0 aliphatic carbocycles. The second-order valence-corrected chi connectivity index (χ2v) is 8.44. The number of methoxy groups -OCH3 is 1. The maximum absolute atomic E-state index is 5.68. The molecule has 3 aliphatic heterocycles. The summed E-state index contributed by atoms with van der Waals surface area (Å²) in [5.74, 6) is 1.95. The zero-order chi connectivity index (χ0) is 19.4. The van der Waals surface area contributed by atoms with Gasteiger partial charge in [0.1, 0.15) is 5.75 Å². The number of likely N-dealkylation sites (tertiary alicyclic amines) is 2. The van der Waals surface area contributed by atoms with E-state index in [0.717, 1.165) is 57.6 Å². The van der Waals surface area contributed by atoms with Crippen molar-refractivity contribution in [1.82, 2.24) is 15.1 Å². The fourth-order valence-electron chi connectivity index (χ4n) is 4.97. The summed E-state index contributed by atoms with van der Waals surface area (Å²) in [6, 6.07) is 8.84. The van der Waals surface area contributed by atoms with Crippen LogP contribution in [0.4, 0.5) is 0 Å². The number of guanidine groups is 1. The summed E-state index contributed by atoms with van der Waals surface area (Å²) < 4.78 is 11.2. The molecule has 3 saturated heterocycles. The number of hydrogen-bond acceptors (Lipinski definition) is 4. The smallest absolute Gasteiger partial charge is 0.193 e. The van der Waals surface area contributed by atoms with Crippen molar-refractivity contribution in [3.63, 3.8) is 0 Å². The first-order valence-corrected chi connectivity index (χ1v) is 10.6. The van der Waals surface area contributed by atoms with Crippen LogP contribution in [0.3, 0.4) is 0 Å². The Bertz CT molecular complexity index is 687. The number of benzene rings is 1. The molecular weight excluding hydrogens is 479 g/mol. The SMILES string of the molecule is CN=C(NCC(c1cccc(OC)c1)N1CCCC1)N1CCC2(CCOC2)C1.I. The fraction of sp³-hybridized carbons (Fsp3) is 0.682. The molecule has 0 amide bonds. The molecule has 0 aromatic heterocycles. The van der Waals surface area contributed by atoms with E-state index in [2.05, 4.69) is 38.3 Å². The third-order valence-corrected chi connectivity index (χ3v) is 6.65. The zero-order valence-electron chi connectivity index (χ0n) is 17.7. The normalized spacial score (nSPS) is 26.0. The molecule has 3 aliphatic rings. The van der Waals surface area contributed by atoms with E-state index in [-0.39, 0.29) is 24.0 Å². The molecule has 3 heterocycles. The fourth-order valence-corrected chi connectivity index (χ4v) is 4.97. The number of rotatable bonds is 5. The number of hydrogen-bond donors (Lipinski definition) is 1. The lowest BCUT2D eigenvalue weighted by molar-refractivity contribution is 0.156. The van der Waals surface area contributed by atoms with Gasteiger partial charge in [-0.2, -0.15) is 0 Å². The predicted molar refractivity (Wildman–Crippen MR) is 127 cm³/mol. The summed E-state index contributed by atoms with van der Waals surface area (Å²) in [5, 5.41) is 3.68. The van der Waals surface area contributed by atoms with E-state index in [9.17, 15) is 0 Å². The summed E-state index contributed by atoms with van der Waals surface area (Å²) in [4.78, 5) is 9.60. The second kappa shape index (κ2) is 10.3. The minimum Gasteiger partial charge on any atom is -0.497 e. The van der Waals surface area contributed by atoms with Crippen LogP contribution in [0.2, 0.25) is 0 Å². The topological polar surface area (TPSA) is 49.3 Å². The van der Waals surface area contributed by atoms with E-state index < -0.39 is 0 Å². The van der Waals surface area contributed by atoms with Gasteiger partial charge in [-0.3, -0.25) is 9.89 Å². The molecule has 1 N–H and O–H groups in total. The van der Waals surface area contributed by atoms with Crippen LogP contribution in [0.1, 0.15) is 37.3 Å². The molecule has 1 aromatic carbocycles. The van der Waals surface area contributed by atoms with Gasteiger partial charge in [-0.1, -0.05) is 12.1 Å². The minimum absolute atomic E-state index is 0. The highest BCUT2D eigenvalue weighted by molar-refractivity contribution is 14.0. The molecule has 1 spiro atoms. The molecule has 0 radical (unpaired) electrons. The standard InChI is InChI=1S/C22H34N4O2.HI/c1-23-21(26-12-8-22(16-26)9-13-28-17-22)24-15-20(25-10-3-4-11-25)18-6-5-7-19(14-18)27-2;/h5-7,14,20H,3-4,8-13,15-17H2,1-2H3,(H,23,24);1H. The van der Waals surface area contributed by atoms with Gasteiger partial charge in [-0.25, -0.2) is 0 Å². The maximum atomic E-state index is 5.68. The van der Waals surface area contributed by atoms with Crippen LogP contribution in [-0.2, 0) is 4.74 Å². The monoisotopic (exact) mass is 514 g/mol. The van der Waals surface area contributed by atoms with Gasteiger partial charge in [0.2, 0.25) is 0 Å². The molecule has 4 rings (SSSR count). The average Bonchev–Trinajstić information content (AvgIpc) is 3.49. The van der Waals surface area contributed by atoms with Crippen molar-refractivity contribution < 1.29 is 9.47 Å². The quantitative estimate of drug-likeness (QED) is 0.372. The van der Waals surface area contributed by atoms with Crippen LogP contribution in [0, 0.1) is 5.41 Å².